The molecule has 2 rings (SSSR count). The van der Waals surface area contributed by atoms with E-state index in [1.807, 2.05) is 12.1 Å². The van der Waals surface area contributed by atoms with E-state index in [4.69, 9.17) is 4.74 Å². The Labute approximate surface area is 90.3 Å². The highest BCUT2D eigenvalue weighted by Crippen LogP contribution is 2.35. The van der Waals surface area contributed by atoms with Crippen molar-refractivity contribution >= 4 is 6.29 Å². The molecule has 0 fully saturated rings. The first-order chi connectivity index (χ1) is 7.27. The first-order valence-electron chi connectivity index (χ1n) is 5.39. The van der Waals surface area contributed by atoms with Crippen LogP contribution in [-0.4, -0.2) is 13.4 Å². The van der Waals surface area contributed by atoms with Crippen LogP contribution >= 0.6 is 0 Å². The van der Waals surface area contributed by atoms with E-state index in [-0.39, 0.29) is 5.92 Å². The molecule has 2 nitrogen and oxygen atoms in total. The van der Waals surface area contributed by atoms with Gasteiger partial charge in [-0.25, -0.2) is 0 Å². The first-order valence-corrected chi connectivity index (χ1v) is 5.39. The predicted molar refractivity (Wildman–Crippen MR) is 59.5 cm³/mol. The number of ether oxygens (including phenoxy) is 1. The van der Waals surface area contributed by atoms with Gasteiger partial charge in [-0.05, 0) is 48.9 Å². The van der Waals surface area contributed by atoms with Crippen molar-refractivity contribution in [3.8, 4) is 5.75 Å². The summed E-state index contributed by atoms with van der Waals surface area (Å²) >= 11 is 0. The monoisotopic (exact) mass is 204 g/mol. The van der Waals surface area contributed by atoms with E-state index >= 15 is 0 Å². The van der Waals surface area contributed by atoms with Gasteiger partial charge >= 0.3 is 0 Å². The summed E-state index contributed by atoms with van der Waals surface area (Å²) in [5.74, 6) is 1.03. The van der Waals surface area contributed by atoms with Gasteiger partial charge < -0.3 is 9.53 Å². The van der Waals surface area contributed by atoms with Crippen LogP contribution in [0.15, 0.2) is 12.1 Å². The molecule has 1 aliphatic rings. The van der Waals surface area contributed by atoms with Gasteiger partial charge in [0.05, 0.1) is 7.11 Å². The summed E-state index contributed by atoms with van der Waals surface area (Å²) in [6.45, 7) is 2.07. The maximum absolute atomic E-state index is 11.0. The van der Waals surface area contributed by atoms with Crippen LogP contribution in [0, 0.1) is 6.92 Å². The number of rotatable bonds is 2. The number of carbonyl (C=O) groups excluding carboxylic acids is 1. The van der Waals surface area contributed by atoms with Crippen molar-refractivity contribution in [2.75, 3.05) is 7.11 Å². The maximum atomic E-state index is 11.0. The van der Waals surface area contributed by atoms with Gasteiger partial charge in [-0.3, -0.25) is 0 Å². The highest BCUT2D eigenvalue weighted by Gasteiger charge is 2.22. The van der Waals surface area contributed by atoms with Crippen LogP contribution in [0.25, 0.3) is 0 Å². The zero-order valence-electron chi connectivity index (χ0n) is 9.25. The van der Waals surface area contributed by atoms with Crippen LogP contribution < -0.4 is 4.74 Å². The molecule has 1 aromatic carbocycles. The molecule has 0 spiro atoms. The Morgan fingerprint density at radius 3 is 2.93 bits per heavy atom. The number of methoxy groups -OCH3 is 1. The van der Waals surface area contributed by atoms with Crippen molar-refractivity contribution in [3.05, 3.63) is 28.8 Å². The van der Waals surface area contributed by atoms with Gasteiger partial charge in [0.2, 0.25) is 0 Å². The quantitative estimate of drug-likeness (QED) is 0.692. The molecular formula is C13H16O2. The van der Waals surface area contributed by atoms with Crippen LogP contribution in [0.4, 0.5) is 0 Å². The zero-order chi connectivity index (χ0) is 10.8. The number of fused-ring (bicyclic) bond motifs is 1. The van der Waals surface area contributed by atoms with E-state index in [0.29, 0.717) is 0 Å². The lowest BCUT2D eigenvalue weighted by Gasteiger charge is -2.24. The lowest BCUT2D eigenvalue weighted by Crippen LogP contribution is -2.12. The first kappa shape index (κ1) is 10.2. The fourth-order valence-corrected chi connectivity index (χ4v) is 2.45. The summed E-state index contributed by atoms with van der Waals surface area (Å²) in [6.07, 6.45) is 4.24. The number of aldehydes is 1. The molecule has 0 aromatic heterocycles. The van der Waals surface area contributed by atoms with Gasteiger partial charge in [-0.1, -0.05) is 6.07 Å². The molecule has 0 amide bonds. The predicted octanol–water partition coefficient (Wildman–Crippen LogP) is 2.62. The smallest absolute Gasteiger partial charge is 0.127 e. The number of benzene rings is 1. The Hall–Kier alpha value is -1.31. The normalized spacial score (nSPS) is 19.5. The van der Waals surface area contributed by atoms with Crippen LogP contribution in [-0.2, 0) is 11.2 Å². The zero-order valence-corrected chi connectivity index (χ0v) is 9.25. The van der Waals surface area contributed by atoms with Gasteiger partial charge in [-0.15, -0.1) is 0 Å². The summed E-state index contributed by atoms with van der Waals surface area (Å²) in [4.78, 5) is 11.0. The average Bonchev–Trinajstić information content (AvgIpc) is 2.29. The molecule has 2 heteroatoms. The SMILES string of the molecule is COc1ccc2c(c1C)CCCC2C=O. The average molecular weight is 204 g/mol. The summed E-state index contributed by atoms with van der Waals surface area (Å²) in [5, 5.41) is 0. The highest BCUT2D eigenvalue weighted by atomic mass is 16.5. The van der Waals surface area contributed by atoms with E-state index in [1.165, 1.54) is 16.7 Å². The third kappa shape index (κ3) is 1.65. The van der Waals surface area contributed by atoms with E-state index in [1.54, 1.807) is 7.11 Å². The molecule has 80 valence electrons. The highest BCUT2D eigenvalue weighted by molar-refractivity contribution is 5.65. The second-order valence-electron chi connectivity index (χ2n) is 4.10. The molecule has 0 radical (unpaired) electrons. The van der Waals surface area contributed by atoms with Crippen molar-refractivity contribution in [3.63, 3.8) is 0 Å². The molecule has 0 aliphatic heterocycles. The van der Waals surface area contributed by atoms with E-state index in [9.17, 15) is 4.79 Å². The maximum Gasteiger partial charge on any atom is 0.127 e. The van der Waals surface area contributed by atoms with Crippen LogP contribution in [0.5, 0.6) is 5.75 Å². The standard InChI is InChI=1S/C13H16O2/c1-9-11-5-3-4-10(8-14)12(11)6-7-13(9)15-2/h6-8,10H,3-5H2,1-2H3. The minimum absolute atomic E-state index is 0.0957. The van der Waals surface area contributed by atoms with Crippen molar-refractivity contribution < 1.29 is 9.53 Å². The second-order valence-corrected chi connectivity index (χ2v) is 4.10. The number of hydrogen-bond acceptors (Lipinski definition) is 2. The van der Waals surface area contributed by atoms with Crippen molar-refractivity contribution in [1.29, 1.82) is 0 Å². The summed E-state index contributed by atoms with van der Waals surface area (Å²) < 4.78 is 5.29. The molecular weight excluding hydrogens is 188 g/mol. The molecule has 1 atom stereocenters. The van der Waals surface area contributed by atoms with E-state index in [2.05, 4.69) is 6.92 Å². The molecule has 0 N–H and O–H groups in total. The molecule has 1 unspecified atom stereocenters. The fraction of sp³-hybridized carbons (Fsp3) is 0.462. The Bertz CT molecular complexity index is 382. The second kappa shape index (κ2) is 4.05. The fourth-order valence-electron chi connectivity index (χ4n) is 2.45. The van der Waals surface area contributed by atoms with Crippen molar-refractivity contribution in [1.82, 2.24) is 0 Å². The molecule has 1 aromatic rings. The Kier molecular flexibility index (Phi) is 2.76. The van der Waals surface area contributed by atoms with Crippen LogP contribution in [0.3, 0.4) is 0 Å². The molecule has 0 saturated carbocycles. The van der Waals surface area contributed by atoms with E-state index in [0.717, 1.165) is 31.3 Å². The van der Waals surface area contributed by atoms with Gasteiger partial charge in [0.25, 0.3) is 0 Å². The Balaban J connectivity index is 2.52. The lowest BCUT2D eigenvalue weighted by molar-refractivity contribution is -0.109. The Morgan fingerprint density at radius 1 is 1.47 bits per heavy atom. The molecule has 0 heterocycles. The third-order valence-electron chi connectivity index (χ3n) is 3.31. The molecule has 1 aliphatic carbocycles. The van der Waals surface area contributed by atoms with Crippen LogP contribution in [0.2, 0.25) is 0 Å². The lowest BCUT2D eigenvalue weighted by atomic mass is 9.81. The molecule has 0 bridgehead atoms. The minimum Gasteiger partial charge on any atom is -0.496 e. The minimum atomic E-state index is 0.0957. The van der Waals surface area contributed by atoms with Crippen LogP contribution in [0.1, 0.15) is 35.4 Å². The van der Waals surface area contributed by atoms with Gasteiger partial charge in [0, 0.05) is 5.92 Å². The van der Waals surface area contributed by atoms with E-state index < -0.39 is 0 Å². The van der Waals surface area contributed by atoms with Crippen molar-refractivity contribution in [2.45, 2.75) is 32.1 Å². The van der Waals surface area contributed by atoms with Gasteiger partial charge in [0.1, 0.15) is 12.0 Å². The summed E-state index contributed by atoms with van der Waals surface area (Å²) in [6, 6.07) is 4.01. The summed E-state index contributed by atoms with van der Waals surface area (Å²) in [5.41, 5.74) is 3.72. The summed E-state index contributed by atoms with van der Waals surface area (Å²) in [7, 11) is 1.69. The largest absolute Gasteiger partial charge is 0.496 e. The topological polar surface area (TPSA) is 26.3 Å². The van der Waals surface area contributed by atoms with Gasteiger partial charge in [-0.2, -0.15) is 0 Å². The molecule has 0 saturated heterocycles. The van der Waals surface area contributed by atoms with Crippen molar-refractivity contribution in [2.24, 2.45) is 0 Å². The number of carbonyl (C=O) groups is 1. The molecule has 15 heavy (non-hydrogen) atoms. The number of hydrogen-bond donors (Lipinski definition) is 0. The Morgan fingerprint density at radius 2 is 2.27 bits per heavy atom. The third-order valence-corrected chi connectivity index (χ3v) is 3.31. The van der Waals surface area contributed by atoms with Gasteiger partial charge in [0.15, 0.2) is 0 Å².